The second kappa shape index (κ2) is 7.80. The van der Waals surface area contributed by atoms with Crippen LogP contribution in [0.4, 0.5) is 13.2 Å². The van der Waals surface area contributed by atoms with E-state index in [1.54, 1.807) is 18.8 Å². The van der Waals surface area contributed by atoms with Gasteiger partial charge in [-0.15, -0.1) is 11.8 Å². The fourth-order valence-corrected chi connectivity index (χ4v) is 2.75. The van der Waals surface area contributed by atoms with Crippen molar-refractivity contribution in [2.45, 2.75) is 43.3 Å². The van der Waals surface area contributed by atoms with Crippen molar-refractivity contribution in [3.8, 4) is 0 Å². The fourth-order valence-electron chi connectivity index (χ4n) is 1.69. The second-order valence-corrected chi connectivity index (χ2v) is 5.71. The lowest BCUT2D eigenvalue weighted by Crippen LogP contribution is -2.28. The molecule has 0 aliphatic heterocycles. The van der Waals surface area contributed by atoms with Crippen molar-refractivity contribution in [2.75, 3.05) is 12.8 Å². The highest BCUT2D eigenvalue weighted by atomic mass is 32.2. The van der Waals surface area contributed by atoms with Crippen molar-refractivity contribution in [3.05, 3.63) is 29.8 Å². The summed E-state index contributed by atoms with van der Waals surface area (Å²) in [7, 11) is 1.80. The number of halogens is 3. The van der Waals surface area contributed by atoms with Gasteiger partial charge in [-0.2, -0.15) is 13.2 Å². The Morgan fingerprint density at radius 2 is 1.84 bits per heavy atom. The second-order valence-electron chi connectivity index (χ2n) is 4.62. The minimum absolute atomic E-state index is 0.119. The Labute approximate surface area is 117 Å². The van der Waals surface area contributed by atoms with Gasteiger partial charge in [0.1, 0.15) is 0 Å². The third kappa shape index (κ3) is 7.47. The quantitative estimate of drug-likeness (QED) is 0.747. The molecule has 1 aromatic carbocycles. The van der Waals surface area contributed by atoms with Crippen LogP contribution in [-0.2, 0) is 0 Å². The Morgan fingerprint density at radius 1 is 1.21 bits per heavy atom. The Balaban J connectivity index is 2.30. The van der Waals surface area contributed by atoms with Crippen LogP contribution in [0.15, 0.2) is 29.2 Å². The summed E-state index contributed by atoms with van der Waals surface area (Å²) in [6, 6.07) is 8.29. The Kier molecular flexibility index (Phi) is 6.72. The maximum Gasteiger partial charge on any atom is 0.389 e. The average Bonchev–Trinajstić information content (AvgIpc) is 2.34. The molecule has 1 rings (SSSR count). The molecule has 0 aliphatic rings. The molecule has 1 nitrogen and oxygen atoms in total. The van der Waals surface area contributed by atoms with Crippen LogP contribution in [0.3, 0.4) is 0 Å². The highest BCUT2D eigenvalue weighted by Crippen LogP contribution is 2.24. The summed E-state index contributed by atoms with van der Waals surface area (Å²) in [5.41, 5.74) is 1.21. The number of benzene rings is 1. The first kappa shape index (κ1) is 16.4. The van der Waals surface area contributed by atoms with Crippen LogP contribution in [0.1, 0.15) is 24.8 Å². The fraction of sp³-hybridized carbons (Fsp3) is 0.571. The lowest BCUT2D eigenvalue weighted by molar-refractivity contribution is -0.135. The summed E-state index contributed by atoms with van der Waals surface area (Å²) < 4.78 is 36.2. The predicted molar refractivity (Wildman–Crippen MR) is 74.7 cm³/mol. The van der Waals surface area contributed by atoms with Gasteiger partial charge in [0.15, 0.2) is 0 Å². The van der Waals surface area contributed by atoms with Crippen LogP contribution in [-0.4, -0.2) is 25.0 Å². The number of hydrogen-bond donors (Lipinski definition) is 1. The van der Waals surface area contributed by atoms with Crippen LogP contribution in [0.2, 0.25) is 0 Å². The van der Waals surface area contributed by atoms with Crippen molar-refractivity contribution in [3.63, 3.8) is 0 Å². The van der Waals surface area contributed by atoms with Gasteiger partial charge in [-0.25, -0.2) is 0 Å². The first-order chi connectivity index (χ1) is 8.90. The first-order valence-electron chi connectivity index (χ1n) is 6.34. The molecule has 1 atom stereocenters. The van der Waals surface area contributed by atoms with E-state index in [0.717, 1.165) is 10.6 Å². The molecular formula is C14H20F3NS. The lowest BCUT2D eigenvalue weighted by atomic mass is 10.1. The van der Waals surface area contributed by atoms with Gasteiger partial charge < -0.3 is 5.32 Å². The van der Waals surface area contributed by atoms with E-state index < -0.39 is 12.6 Å². The molecule has 108 valence electrons. The van der Waals surface area contributed by atoms with E-state index in [4.69, 9.17) is 0 Å². The van der Waals surface area contributed by atoms with Crippen molar-refractivity contribution >= 4 is 11.8 Å². The van der Waals surface area contributed by atoms with Gasteiger partial charge in [0.25, 0.3) is 0 Å². The van der Waals surface area contributed by atoms with Crippen LogP contribution in [0.25, 0.3) is 0 Å². The van der Waals surface area contributed by atoms with Gasteiger partial charge in [-0.1, -0.05) is 17.7 Å². The molecule has 19 heavy (non-hydrogen) atoms. The third-order valence-electron chi connectivity index (χ3n) is 2.89. The van der Waals surface area contributed by atoms with Gasteiger partial charge >= 0.3 is 6.18 Å². The number of nitrogens with one attached hydrogen (secondary N) is 1. The molecule has 0 fully saturated rings. The summed E-state index contributed by atoms with van der Waals surface area (Å²) >= 11 is 1.68. The number of aryl methyl sites for hydroxylation is 1. The lowest BCUT2D eigenvalue weighted by Gasteiger charge is -2.16. The van der Waals surface area contributed by atoms with Crippen LogP contribution in [0.5, 0.6) is 0 Å². The van der Waals surface area contributed by atoms with E-state index >= 15 is 0 Å². The molecule has 0 amide bonds. The summed E-state index contributed by atoms with van der Waals surface area (Å²) in [4.78, 5) is 1.15. The Hall–Kier alpha value is -0.680. The molecule has 0 aromatic heterocycles. The standard InChI is InChI=1S/C14H20F3NS/c1-11-5-7-13(8-6-11)19-10-12(18-2)4-3-9-14(15,16)17/h5-8,12,18H,3-4,9-10H2,1-2H3. The maximum atomic E-state index is 12.1. The Morgan fingerprint density at radius 3 is 2.37 bits per heavy atom. The minimum Gasteiger partial charge on any atom is -0.316 e. The van der Waals surface area contributed by atoms with E-state index in [-0.39, 0.29) is 12.5 Å². The van der Waals surface area contributed by atoms with Crippen molar-refractivity contribution in [1.82, 2.24) is 5.32 Å². The summed E-state index contributed by atoms with van der Waals surface area (Å²) in [5.74, 6) is 0.789. The molecule has 0 radical (unpaired) electrons. The van der Waals surface area contributed by atoms with Gasteiger partial charge in [0.2, 0.25) is 0 Å². The largest absolute Gasteiger partial charge is 0.389 e. The molecular weight excluding hydrogens is 271 g/mol. The van der Waals surface area contributed by atoms with E-state index in [9.17, 15) is 13.2 Å². The number of hydrogen-bond acceptors (Lipinski definition) is 2. The molecule has 0 heterocycles. The number of alkyl halides is 3. The third-order valence-corrected chi connectivity index (χ3v) is 4.07. The summed E-state index contributed by atoms with van der Waals surface area (Å²) in [6.07, 6.45) is -4.00. The minimum atomic E-state index is -4.04. The van der Waals surface area contributed by atoms with Gasteiger partial charge in [-0.3, -0.25) is 0 Å². The molecule has 0 bridgehead atoms. The monoisotopic (exact) mass is 291 g/mol. The first-order valence-corrected chi connectivity index (χ1v) is 7.33. The topological polar surface area (TPSA) is 12.0 Å². The van der Waals surface area contributed by atoms with Crippen LogP contribution >= 0.6 is 11.8 Å². The highest BCUT2D eigenvalue weighted by molar-refractivity contribution is 7.99. The molecule has 1 aromatic rings. The normalized spacial score (nSPS) is 13.5. The SMILES string of the molecule is CNC(CCCC(F)(F)F)CSc1ccc(C)cc1. The predicted octanol–water partition coefficient (Wildman–Crippen LogP) is 4.41. The van der Waals surface area contributed by atoms with Crippen molar-refractivity contribution < 1.29 is 13.2 Å². The van der Waals surface area contributed by atoms with Crippen molar-refractivity contribution in [1.29, 1.82) is 0 Å². The number of rotatable bonds is 7. The molecule has 5 heteroatoms. The van der Waals surface area contributed by atoms with E-state index in [0.29, 0.717) is 6.42 Å². The van der Waals surface area contributed by atoms with E-state index in [1.165, 1.54) is 5.56 Å². The zero-order chi connectivity index (χ0) is 14.3. The molecule has 0 saturated heterocycles. The van der Waals surface area contributed by atoms with Crippen LogP contribution in [0, 0.1) is 6.92 Å². The smallest absolute Gasteiger partial charge is 0.316 e. The molecule has 0 spiro atoms. The summed E-state index contributed by atoms with van der Waals surface area (Å²) in [6.45, 7) is 2.03. The Bertz CT molecular complexity index is 362. The van der Waals surface area contributed by atoms with Gasteiger partial charge in [0.05, 0.1) is 0 Å². The zero-order valence-corrected chi connectivity index (χ0v) is 12.1. The molecule has 1 unspecified atom stereocenters. The van der Waals surface area contributed by atoms with E-state index in [1.807, 2.05) is 31.2 Å². The highest BCUT2D eigenvalue weighted by Gasteiger charge is 2.26. The molecule has 0 saturated carbocycles. The zero-order valence-electron chi connectivity index (χ0n) is 11.3. The van der Waals surface area contributed by atoms with Crippen LogP contribution < -0.4 is 5.32 Å². The van der Waals surface area contributed by atoms with E-state index in [2.05, 4.69) is 5.32 Å². The average molecular weight is 291 g/mol. The summed E-state index contributed by atoms with van der Waals surface area (Å²) in [5, 5.41) is 3.08. The van der Waals surface area contributed by atoms with Gasteiger partial charge in [0, 0.05) is 23.1 Å². The van der Waals surface area contributed by atoms with Gasteiger partial charge in [-0.05, 0) is 38.9 Å². The molecule has 0 aliphatic carbocycles. The maximum absolute atomic E-state index is 12.1. The van der Waals surface area contributed by atoms with Crippen molar-refractivity contribution in [2.24, 2.45) is 0 Å². The molecule has 1 N–H and O–H groups in total. The number of thioether (sulfide) groups is 1.